The molecule has 1 atom stereocenters. The molecule has 1 nitrogen and oxygen atoms in total. The molecule has 1 N–H and O–H groups in total. The lowest BCUT2D eigenvalue weighted by Gasteiger charge is -2.26. The van der Waals surface area contributed by atoms with E-state index in [-0.39, 0.29) is 0 Å². The van der Waals surface area contributed by atoms with Crippen molar-refractivity contribution in [3.05, 3.63) is 0 Å². The van der Waals surface area contributed by atoms with E-state index < -0.39 is 0 Å². The molecule has 0 spiro atoms. The molecule has 2 aliphatic rings. The fourth-order valence-electron chi connectivity index (χ4n) is 3.37. The fraction of sp³-hybridized carbons (Fsp3) is 1.00. The molecule has 0 aromatic carbocycles. The van der Waals surface area contributed by atoms with Gasteiger partial charge in [-0.3, -0.25) is 0 Å². The van der Waals surface area contributed by atoms with Crippen LogP contribution in [0.5, 0.6) is 0 Å². The molecule has 1 aliphatic carbocycles. The highest BCUT2D eigenvalue weighted by Gasteiger charge is 2.32. The minimum Gasteiger partial charge on any atom is -0.317 e. The summed E-state index contributed by atoms with van der Waals surface area (Å²) in [5.41, 5.74) is 0.650. The minimum atomic E-state index is 0.650. The highest BCUT2D eigenvalue weighted by molar-refractivity contribution is 4.84. The lowest BCUT2D eigenvalue weighted by molar-refractivity contribution is 0.282. The summed E-state index contributed by atoms with van der Waals surface area (Å²) in [6.07, 6.45) is 8.81. The first kappa shape index (κ1) is 10.5. The Kier molecular flexibility index (Phi) is 3.16. The largest absolute Gasteiger partial charge is 0.317 e. The predicted molar refractivity (Wildman–Crippen MR) is 61.3 cm³/mol. The summed E-state index contributed by atoms with van der Waals surface area (Å²) >= 11 is 0. The molecule has 1 unspecified atom stereocenters. The Hall–Kier alpha value is -0.0400. The summed E-state index contributed by atoms with van der Waals surface area (Å²) < 4.78 is 0. The highest BCUT2D eigenvalue weighted by Crippen LogP contribution is 2.44. The average molecular weight is 195 g/mol. The smallest absolute Gasteiger partial charge is 0.00463 e. The number of nitrogens with one attached hydrogen (secondary N) is 1. The highest BCUT2D eigenvalue weighted by atomic mass is 14.9. The van der Waals surface area contributed by atoms with Crippen LogP contribution in [0.15, 0.2) is 0 Å². The Morgan fingerprint density at radius 2 is 1.79 bits per heavy atom. The molecule has 1 saturated carbocycles. The molecular formula is C13H25N. The van der Waals surface area contributed by atoms with E-state index in [9.17, 15) is 0 Å². The molecule has 0 aromatic rings. The summed E-state index contributed by atoms with van der Waals surface area (Å²) in [5.74, 6) is 2.09. The molecule has 1 heterocycles. The molecule has 2 fully saturated rings. The Morgan fingerprint density at radius 3 is 2.36 bits per heavy atom. The van der Waals surface area contributed by atoms with Gasteiger partial charge in [-0.05, 0) is 68.9 Å². The monoisotopic (exact) mass is 195 g/mol. The van der Waals surface area contributed by atoms with E-state index >= 15 is 0 Å². The Labute approximate surface area is 88.7 Å². The van der Waals surface area contributed by atoms with E-state index in [1.54, 1.807) is 0 Å². The molecule has 0 radical (unpaired) electrons. The average Bonchev–Trinajstić information content (AvgIpc) is 2.47. The topological polar surface area (TPSA) is 12.0 Å². The Balaban J connectivity index is 1.75. The van der Waals surface area contributed by atoms with Crippen molar-refractivity contribution < 1.29 is 0 Å². The van der Waals surface area contributed by atoms with E-state index in [0.29, 0.717) is 5.41 Å². The number of rotatable bonds is 2. The first-order valence-electron chi connectivity index (χ1n) is 6.36. The van der Waals surface area contributed by atoms with Gasteiger partial charge >= 0.3 is 0 Å². The van der Waals surface area contributed by atoms with Crippen LogP contribution in [0.25, 0.3) is 0 Å². The first-order valence-corrected chi connectivity index (χ1v) is 6.36. The van der Waals surface area contributed by atoms with Gasteiger partial charge in [0, 0.05) is 0 Å². The maximum atomic E-state index is 3.46. The molecule has 0 bridgehead atoms. The maximum absolute atomic E-state index is 3.46. The molecule has 1 aliphatic heterocycles. The van der Waals surface area contributed by atoms with E-state index in [1.165, 1.54) is 51.6 Å². The minimum absolute atomic E-state index is 0.650. The van der Waals surface area contributed by atoms with Crippen LogP contribution in [-0.4, -0.2) is 13.1 Å². The maximum Gasteiger partial charge on any atom is -0.00463 e. The quantitative estimate of drug-likeness (QED) is 0.713. The predicted octanol–water partition coefficient (Wildman–Crippen LogP) is 3.20. The Morgan fingerprint density at radius 1 is 1.07 bits per heavy atom. The first-order chi connectivity index (χ1) is 6.66. The van der Waals surface area contributed by atoms with Crippen molar-refractivity contribution in [2.45, 2.75) is 52.4 Å². The van der Waals surface area contributed by atoms with E-state index in [2.05, 4.69) is 19.2 Å². The molecule has 2 rings (SSSR count). The van der Waals surface area contributed by atoms with Crippen LogP contribution in [0.4, 0.5) is 0 Å². The van der Waals surface area contributed by atoms with Gasteiger partial charge in [0.15, 0.2) is 0 Å². The standard InChI is InChI=1S/C13H25N/c1-13(2)6-3-12(10-13)9-11-4-7-14-8-5-11/h11-12,14H,3-10H2,1-2H3. The fourth-order valence-corrected chi connectivity index (χ4v) is 3.37. The third-order valence-corrected chi connectivity index (χ3v) is 4.20. The van der Waals surface area contributed by atoms with Crippen molar-refractivity contribution in [1.29, 1.82) is 0 Å². The van der Waals surface area contributed by atoms with Gasteiger partial charge in [0.05, 0.1) is 0 Å². The van der Waals surface area contributed by atoms with E-state index in [4.69, 9.17) is 0 Å². The second kappa shape index (κ2) is 4.22. The van der Waals surface area contributed by atoms with Crippen LogP contribution in [-0.2, 0) is 0 Å². The zero-order valence-electron chi connectivity index (χ0n) is 9.81. The second-order valence-corrected chi connectivity index (χ2v) is 6.20. The van der Waals surface area contributed by atoms with Crippen molar-refractivity contribution in [1.82, 2.24) is 5.32 Å². The Bertz CT molecular complexity index is 180. The van der Waals surface area contributed by atoms with Gasteiger partial charge in [0.2, 0.25) is 0 Å². The van der Waals surface area contributed by atoms with Gasteiger partial charge in [-0.25, -0.2) is 0 Å². The van der Waals surface area contributed by atoms with Crippen molar-refractivity contribution >= 4 is 0 Å². The normalized spacial score (nSPS) is 33.4. The van der Waals surface area contributed by atoms with Gasteiger partial charge in [0.1, 0.15) is 0 Å². The van der Waals surface area contributed by atoms with Crippen molar-refractivity contribution in [2.24, 2.45) is 17.3 Å². The molecule has 0 amide bonds. The van der Waals surface area contributed by atoms with Gasteiger partial charge in [-0.15, -0.1) is 0 Å². The molecular weight excluding hydrogens is 170 g/mol. The van der Waals surface area contributed by atoms with Crippen LogP contribution in [0, 0.1) is 17.3 Å². The molecule has 1 saturated heterocycles. The van der Waals surface area contributed by atoms with Crippen molar-refractivity contribution in [3.8, 4) is 0 Å². The van der Waals surface area contributed by atoms with E-state index in [1.807, 2.05) is 0 Å². The van der Waals surface area contributed by atoms with E-state index in [0.717, 1.165) is 11.8 Å². The number of hydrogen-bond donors (Lipinski definition) is 1. The molecule has 1 heteroatoms. The van der Waals surface area contributed by atoms with Crippen LogP contribution < -0.4 is 5.32 Å². The lowest BCUT2D eigenvalue weighted by atomic mass is 9.84. The summed E-state index contributed by atoms with van der Waals surface area (Å²) in [7, 11) is 0. The van der Waals surface area contributed by atoms with Crippen molar-refractivity contribution in [2.75, 3.05) is 13.1 Å². The zero-order chi connectivity index (χ0) is 10.0. The second-order valence-electron chi connectivity index (χ2n) is 6.20. The van der Waals surface area contributed by atoms with Gasteiger partial charge < -0.3 is 5.32 Å². The lowest BCUT2D eigenvalue weighted by Crippen LogP contribution is -2.28. The van der Waals surface area contributed by atoms with Gasteiger partial charge in [-0.2, -0.15) is 0 Å². The molecule has 82 valence electrons. The summed E-state index contributed by atoms with van der Waals surface area (Å²) in [5, 5.41) is 3.46. The third kappa shape index (κ3) is 2.73. The van der Waals surface area contributed by atoms with Gasteiger partial charge in [0.25, 0.3) is 0 Å². The number of piperidine rings is 1. The molecule has 14 heavy (non-hydrogen) atoms. The summed E-state index contributed by atoms with van der Waals surface area (Å²) in [4.78, 5) is 0. The number of hydrogen-bond acceptors (Lipinski definition) is 1. The van der Waals surface area contributed by atoms with Crippen LogP contribution >= 0.6 is 0 Å². The summed E-state index contributed by atoms with van der Waals surface area (Å²) in [6, 6.07) is 0. The van der Waals surface area contributed by atoms with Crippen LogP contribution in [0.2, 0.25) is 0 Å². The summed E-state index contributed by atoms with van der Waals surface area (Å²) in [6.45, 7) is 7.41. The van der Waals surface area contributed by atoms with Crippen LogP contribution in [0.3, 0.4) is 0 Å². The van der Waals surface area contributed by atoms with Gasteiger partial charge in [-0.1, -0.05) is 13.8 Å². The van der Waals surface area contributed by atoms with Crippen molar-refractivity contribution in [3.63, 3.8) is 0 Å². The third-order valence-electron chi connectivity index (χ3n) is 4.20. The molecule has 0 aromatic heterocycles. The van der Waals surface area contributed by atoms with Crippen LogP contribution in [0.1, 0.15) is 52.4 Å². The SMILES string of the molecule is CC1(C)CCC(CC2CCNCC2)C1. The zero-order valence-corrected chi connectivity index (χ0v) is 9.81.